The quantitative estimate of drug-likeness (QED) is 0.428. The predicted octanol–water partition coefficient (Wildman–Crippen LogP) is -3.09. The van der Waals surface area contributed by atoms with Gasteiger partial charge in [-0.05, 0) is 0 Å². The highest BCUT2D eigenvalue weighted by Crippen LogP contribution is 1.78. The topological polar surface area (TPSA) is 94.1 Å². The highest BCUT2D eigenvalue weighted by atomic mass is 16.5. The molecule has 0 amide bonds. The maximum Gasteiger partial charge on any atom is 0.302 e. The first-order valence-electron chi connectivity index (χ1n) is 2.71. The van der Waals surface area contributed by atoms with Crippen molar-refractivity contribution >= 4 is 11.9 Å². The van der Waals surface area contributed by atoms with Gasteiger partial charge in [0.15, 0.2) is 6.04 Å². The fourth-order valence-corrected chi connectivity index (χ4v) is 0.286. The van der Waals surface area contributed by atoms with E-state index in [1.807, 2.05) is 0 Å². The van der Waals surface area contributed by atoms with Crippen molar-refractivity contribution in [3.63, 3.8) is 0 Å². The number of carbonyl (C=O) groups is 2. The molecule has 0 aliphatic heterocycles. The Hall–Kier alpha value is -1.10. The molecule has 0 aromatic heterocycles. The molecule has 10 heavy (non-hydrogen) atoms. The van der Waals surface area contributed by atoms with Gasteiger partial charge in [-0.1, -0.05) is 0 Å². The fraction of sp³-hybridized carbons (Fsp3) is 0.600. The molecular formula is C5H9NO4. The highest BCUT2D eigenvalue weighted by molar-refractivity contribution is 5.70. The Morgan fingerprint density at radius 2 is 2.20 bits per heavy atom. The zero-order chi connectivity index (χ0) is 8.15. The van der Waals surface area contributed by atoms with Crippen LogP contribution in [0.4, 0.5) is 0 Å². The van der Waals surface area contributed by atoms with Gasteiger partial charge in [0.2, 0.25) is 0 Å². The second kappa shape index (κ2) is 3.84. The van der Waals surface area contributed by atoms with Crippen LogP contribution in [0.5, 0.6) is 0 Å². The van der Waals surface area contributed by atoms with Crippen molar-refractivity contribution in [3.05, 3.63) is 0 Å². The van der Waals surface area contributed by atoms with Crippen LogP contribution in [0.2, 0.25) is 0 Å². The summed E-state index contributed by atoms with van der Waals surface area (Å²) < 4.78 is 4.34. The van der Waals surface area contributed by atoms with Crippen molar-refractivity contribution in [1.29, 1.82) is 0 Å². The number of quaternary nitrogens is 1. The Balaban J connectivity index is 3.49. The number of carboxylic acids is 1. The minimum absolute atomic E-state index is 0.225. The molecule has 0 radical (unpaired) electrons. The van der Waals surface area contributed by atoms with E-state index in [9.17, 15) is 14.7 Å². The molecule has 0 aliphatic carbocycles. The van der Waals surface area contributed by atoms with E-state index in [4.69, 9.17) is 0 Å². The number of carboxylic acid groups (broad SMARTS) is 1. The van der Waals surface area contributed by atoms with E-state index >= 15 is 0 Å². The van der Waals surface area contributed by atoms with Gasteiger partial charge in [-0.2, -0.15) is 0 Å². The molecule has 3 N–H and O–H groups in total. The van der Waals surface area contributed by atoms with E-state index in [0.717, 1.165) is 0 Å². The number of esters is 1. The van der Waals surface area contributed by atoms with Gasteiger partial charge in [0.1, 0.15) is 12.6 Å². The molecule has 0 saturated carbocycles. The Morgan fingerprint density at radius 3 is 2.50 bits per heavy atom. The van der Waals surface area contributed by atoms with Crippen LogP contribution in [0.25, 0.3) is 0 Å². The van der Waals surface area contributed by atoms with Crippen molar-refractivity contribution in [2.45, 2.75) is 13.0 Å². The maximum absolute atomic E-state index is 10.1. The van der Waals surface area contributed by atoms with Crippen molar-refractivity contribution in [1.82, 2.24) is 0 Å². The Bertz CT molecular complexity index is 145. The van der Waals surface area contributed by atoms with Crippen LogP contribution in [0.15, 0.2) is 0 Å². The van der Waals surface area contributed by atoms with E-state index in [1.54, 1.807) is 0 Å². The predicted molar refractivity (Wildman–Crippen MR) is 28.3 cm³/mol. The normalized spacial score (nSPS) is 12.2. The Morgan fingerprint density at radius 1 is 1.70 bits per heavy atom. The van der Waals surface area contributed by atoms with Crippen LogP contribution in [0.3, 0.4) is 0 Å². The molecule has 0 aromatic carbocycles. The summed E-state index contributed by atoms with van der Waals surface area (Å²) in [5, 5.41) is 9.95. The van der Waals surface area contributed by atoms with E-state index < -0.39 is 18.0 Å². The molecule has 0 unspecified atom stereocenters. The van der Waals surface area contributed by atoms with Crippen LogP contribution < -0.4 is 10.8 Å². The summed E-state index contributed by atoms with van der Waals surface area (Å²) in [4.78, 5) is 20.1. The molecule has 0 heterocycles. The van der Waals surface area contributed by atoms with Gasteiger partial charge in [0.25, 0.3) is 0 Å². The molecule has 0 spiro atoms. The average Bonchev–Trinajstić information content (AvgIpc) is 1.82. The van der Waals surface area contributed by atoms with Crippen molar-refractivity contribution in [2.75, 3.05) is 6.61 Å². The van der Waals surface area contributed by atoms with Crippen LogP contribution >= 0.6 is 0 Å². The third-order valence-corrected chi connectivity index (χ3v) is 0.821. The monoisotopic (exact) mass is 147 g/mol. The van der Waals surface area contributed by atoms with E-state index in [2.05, 4.69) is 10.5 Å². The number of rotatable bonds is 3. The summed E-state index contributed by atoms with van der Waals surface area (Å²) in [7, 11) is 0. The third-order valence-electron chi connectivity index (χ3n) is 0.821. The molecule has 0 fully saturated rings. The van der Waals surface area contributed by atoms with Gasteiger partial charge in [-0.15, -0.1) is 0 Å². The number of carbonyl (C=O) groups excluding carboxylic acids is 2. The van der Waals surface area contributed by atoms with Crippen LogP contribution in [0.1, 0.15) is 6.92 Å². The van der Waals surface area contributed by atoms with Gasteiger partial charge in [-0.25, -0.2) is 0 Å². The minimum atomic E-state index is -1.32. The summed E-state index contributed by atoms with van der Waals surface area (Å²) in [6, 6.07) is -0.983. The van der Waals surface area contributed by atoms with E-state index in [0.29, 0.717) is 0 Å². The average molecular weight is 147 g/mol. The third kappa shape index (κ3) is 3.85. The fourth-order valence-electron chi connectivity index (χ4n) is 0.286. The first-order valence-corrected chi connectivity index (χ1v) is 2.71. The summed E-state index contributed by atoms with van der Waals surface area (Å²) in [6.45, 7) is 0.972. The number of hydrogen-bond donors (Lipinski definition) is 1. The molecule has 58 valence electrons. The second-order valence-electron chi connectivity index (χ2n) is 1.82. The van der Waals surface area contributed by atoms with Crippen LogP contribution in [0, 0.1) is 0 Å². The maximum atomic E-state index is 10.1. The van der Waals surface area contributed by atoms with Gasteiger partial charge in [-0.3, -0.25) is 4.79 Å². The number of aliphatic carboxylic acids is 1. The Kier molecular flexibility index (Phi) is 3.42. The molecule has 0 bridgehead atoms. The lowest BCUT2D eigenvalue weighted by Crippen LogP contribution is -2.70. The Labute approximate surface area is 57.8 Å². The standard InChI is InChI=1S/C5H9NO4/c1-3(7)10-2-4(6)5(8)9/h4H,2,6H2,1H3,(H,8,9)/t4-/m1/s1. The molecule has 0 rings (SSSR count). The summed E-state index contributed by atoms with van der Waals surface area (Å²) in [5.41, 5.74) is 3.17. The second-order valence-corrected chi connectivity index (χ2v) is 1.82. The first kappa shape index (κ1) is 8.90. The largest absolute Gasteiger partial charge is 0.544 e. The van der Waals surface area contributed by atoms with Crippen LogP contribution in [-0.4, -0.2) is 24.6 Å². The summed E-state index contributed by atoms with van der Waals surface area (Å²) >= 11 is 0. The van der Waals surface area contributed by atoms with Crippen molar-refractivity contribution < 1.29 is 25.2 Å². The summed E-state index contributed by atoms with van der Waals surface area (Å²) in [5.74, 6) is -1.84. The molecule has 0 aliphatic rings. The number of ether oxygens (including phenoxy) is 1. The summed E-state index contributed by atoms with van der Waals surface area (Å²) in [6.07, 6.45) is 0. The minimum Gasteiger partial charge on any atom is -0.544 e. The van der Waals surface area contributed by atoms with Gasteiger partial charge in [0, 0.05) is 6.92 Å². The van der Waals surface area contributed by atoms with Crippen molar-refractivity contribution in [3.8, 4) is 0 Å². The molecule has 5 heteroatoms. The number of hydrogen-bond acceptors (Lipinski definition) is 4. The van der Waals surface area contributed by atoms with Crippen LogP contribution in [-0.2, 0) is 14.3 Å². The lowest BCUT2D eigenvalue weighted by atomic mass is 10.3. The lowest BCUT2D eigenvalue weighted by Gasteiger charge is -2.07. The highest BCUT2D eigenvalue weighted by Gasteiger charge is 2.07. The molecule has 1 atom stereocenters. The molecule has 5 nitrogen and oxygen atoms in total. The zero-order valence-corrected chi connectivity index (χ0v) is 5.62. The van der Waals surface area contributed by atoms with Crippen molar-refractivity contribution in [2.24, 2.45) is 0 Å². The van der Waals surface area contributed by atoms with Gasteiger partial charge >= 0.3 is 5.97 Å². The van der Waals surface area contributed by atoms with E-state index in [-0.39, 0.29) is 6.61 Å². The molecular weight excluding hydrogens is 138 g/mol. The SMILES string of the molecule is CC(=O)OC[C@@H]([NH3+])C(=O)[O-]. The van der Waals surface area contributed by atoms with Gasteiger partial charge in [0.05, 0.1) is 0 Å². The zero-order valence-electron chi connectivity index (χ0n) is 5.62. The first-order chi connectivity index (χ1) is 4.54. The van der Waals surface area contributed by atoms with Gasteiger partial charge < -0.3 is 20.4 Å². The molecule has 0 saturated heterocycles. The molecule has 0 aromatic rings. The smallest absolute Gasteiger partial charge is 0.302 e. The lowest BCUT2D eigenvalue weighted by molar-refractivity contribution is -0.441. The van der Waals surface area contributed by atoms with E-state index in [1.165, 1.54) is 6.92 Å².